The number of amides is 1. The van der Waals surface area contributed by atoms with Gasteiger partial charge in [-0.3, -0.25) is 9.69 Å². The number of carbonyl (C=O) groups is 1. The summed E-state index contributed by atoms with van der Waals surface area (Å²) in [4.78, 5) is 17.8. The quantitative estimate of drug-likeness (QED) is 0.860. The van der Waals surface area contributed by atoms with Gasteiger partial charge in [-0.2, -0.15) is 0 Å². The van der Waals surface area contributed by atoms with Crippen LogP contribution in [-0.2, 0) is 11.3 Å². The second-order valence-electron chi connectivity index (χ2n) is 6.06. The first-order valence-electron chi connectivity index (χ1n) is 7.62. The summed E-state index contributed by atoms with van der Waals surface area (Å²) in [5.41, 5.74) is 4.43. The van der Waals surface area contributed by atoms with Crippen LogP contribution in [0.2, 0.25) is 0 Å². The van der Waals surface area contributed by atoms with Gasteiger partial charge in [0.15, 0.2) is 0 Å². The van der Waals surface area contributed by atoms with Gasteiger partial charge in [-0.1, -0.05) is 0 Å². The molecule has 118 valence electrons. The summed E-state index contributed by atoms with van der Waals surface area (Å²) >= 11 is 0. The topological polar surface area (TPSA) is 70.4 Å². The van der Waals surface area contributed by atoms with Gasteiger partial charge in [0.1, 0.15) is 0 Å². The number of β-amino-alcohol motifs (C(OH)–C–C–N with tert-alkyl or cyclic N) is 1. The summed E-state index contributed by atoms with van der Waals surface area (Å²) < 4.78 is 1.98. The van der Waals surface area contributed by atoms with Crippen molar-refractivity contribution in [3.05, 3.63) is 29.6 Å². The molecule has 1 aromatic heterocycles. The Kier molecular flexibility index (Phi) is 4.13. The third-order valence-electron chi connectivity index (χ3n) is 4.23. The van der Waals surface area contributed by atoms with E-state index in [-0.39, 0.29) is 5.91 Å². The van der Waals surface area contributed by atoms with E-state index in [2.05, 4.69) is 36.3 Å². The van der Waals surface area contributed by atoms with Crippen LogP contribution < -0.4 is 5.32 Å². The van der Waals surface area contributed by atoms with E-state index in [0.717, 1.165) is 17.6 Å². The first kappa shape index (κ1) is 15.0. The Balaban J connectivity index is 1.70. The van der Waals surface area contributed by atoms with Gasteiger partial charge >= 0.3 is 0 Å². The lowest BCUT2D eigenvalue weighted by Gasteiger charge is -2.28. The Morgan fingerprint density at radius 2 is 2.09 bits per heavy atom. The standard InChI is InChI=1S/C16H22N4O2/c1-11-5-14-15(6-12(11)2)20(10-18-14)8-13(21)7-19-4-3-17-16(22)9-19/h5-6,10,13,21H,3-4,7-9H2,1-2H3,(H,17,22)/t13-/m0/s1. The summed E-state index contributed by atoms with van der Waals surface area (Å²) in [5, 5.41) is 13.1. The number of hydrogen-bond donors (Lipinski definition) is 2. The predicted octanol–water partition coefficient (Wildman–Crippen LogP) is 0.446. The number of rotatable bonds is 4. The first-order chi connectivity index (χ1) is 10.5. The highest BCUT2D eigenvalue weighted by molar-refractivity contribution is 5.78. The predicted molar refractivity (Wildman–Crippen MR) is 84.7 cm³/mol. The van der Waals surface area contributed by atoms with Gasteiger partial charge in [0.05, 0.1) is 36.6 Å². The van der Waals surface area contributed by atoms with Crippen LogP contribution in [0.1, 0.15) is 11.1 Å². The molecule has 3 rings (SSSR count). The fourth-order valence-corrected chi connectivity index (χ4v) is 2.89. The Labute approximate surface area is 129 Å². The molecule has 0 unspecified atom stereocenters. The summed E-state index contributed by atoms with van der Waals surface area (Å²) in [5.74, 6) is 0.0256. The Morgan fingerprint density at radius 3 is 2.86 bits per heavy atom. The smallest absolute Gasteiger partial charge is 0.234 e. The second-order valence-corrected chi connectivity index (χ2v) is 6.06. The summed E-state index contributed by atoms with van der Waals surface area (Å²) in [6.07, 6.45) is 1.25. The highest BCUT2D eigenvalue weighted by Gasteiger charge is 2.19. The molecule has 2 aromatic rings. The van der Waals surface area contributed by atoms with Crippen molar-refractivity contribution in [3.8, 4) is 0 Å². The lowest BCUT2D eigenvalue weighted by Crippen LogP contribution is -2.50. The normalized spacial score (nSPS) is 17.7. The van der Waals surface area contributed by atoms with Crippen LogP contribution in [0.25, 0.3) is 11.0 Å². The van der Waals surface area contributed by atoms with Crippen LogP contribution in [0.15, 0.2) is 18.5 Å². The highest BCUT2D eigenvalue weighted by Crippen LogP contribution is 2.18. The lowest BCUT2D eigenvalue weighted by atomic mass is 10.1. The molecule has 1 aliphatic heterocycles. The van der Waals surface area contributed by atoms with E-state index in [1.807, 2.05) is 9.47 Å². The Bertz CT molecular complexity index is 695. The zero-order chi connectivity index (χ0) is 15.7. The minimum absolute atomic E-state index is 0.0256. The molecule has 6 heteroatoms. The Morgan fingerprint density at radius 1 is 1.32 bits per heavy atom. The van der Waals surface area contributed by atoms with Crippen LogP contribution >= 0.6 is 0 Å². The monoisotopic (exact) mass is 302 g/mol. The number of piperazine rings is 1. The molecule has 2 heterocycles. The molecule has 1 atom stereocenters. The maximum absolute atomic E-state index is 11.4. The van der Waals surface area contributed by atoms with E-state index in [0.29, 0.717) is 26.2 Å². The van der Waals surface area contributed by atoms with Crippen molar-refractivity contribution < 1.29 is 9.90 Å². The average Bonchev–Trinajstić information content (AvgIpc) is 2.81. The van der Waals surface area contributed by atoms with Crippen molar-refractivity contribution in [3.63, 3.8) is 0 Å². The number of fused-ring (bicyclic) bond motifs is 1. The van der Waals surface area contributed by atoms with Crippen molar-refractivity contribution in [2.75, 3.05) is 26.2 Å². The zero-order valence-electron chi connectivity index (χ0n) is 13.0. The molecule has 1 saturated heterocycles. The van der Waals surface area contributed by atoms with Gasteiger partial charge in [-0.25, -0.2) is 4.98 Å². The maximum atomic E-state index is 11.4. The van der Waals surface area contributed by atoms with Crippen molar-refractivity contribution >= 4 is 16.9 Å². The van der Waals surface area contributed by atoms with Gasteiger partial charge in [0.25, 0.3) is 0 Å². The number of aliphatic hydroxyl groups excluding tert-OH is 1. The molecule has 6 nitrogen and oxygen atoms in total. The third-order valence-corrected chi connectivity index (χ3v) is 4.23. The molecule has 22 heavy (non-hydrogen) atoms. The molecule has 1 aromatic carbocycles. The highest BCUT2D eigenvalue weighted by atomic mass is 16.3. The molecular formula is C16H22N4O2. The molecular weight excluding hydrogens is 280 g/mol. The minimum atomic E-state index is -0.523. The van der Waals surface area contributed by atoms with Crippen molar-refractivity contribution in [1.82, 2.24) is 19.8 Å². The summed E-state index contributed by atoms with van der Waals surface area (Å²) in [7, 11) is 0. The van der Waals surface area contributed by atoms with Gasteiger partial charge in [-0.05, 0) is 37.1 Å². The van der Waals surface area contributed by atoms with Crippen LogP contribution in [0.4, 0.5) is 0 Å². The van der Waals surface area contributed by atoms with Gasteiger partial charge in [0, 0.05) is 19.6 Å². The molecule has 0 radical (unpaired) electrons. The average molecular weight is 302 g/mol. The number of aryl methyl sites for hydroxylation is 2. The minimum Gasteiger partial charge on any atom is -0.390 e. The van der Waals surface area contributed by atoms with Crippen LogP contribution in [0.3, 0.4) is 0 Å². The van der Waals surface area contributed by atoms with Crippen LogP contribution in [-0.4, -0.2) is 57.7 Å². The maximum Gasteiger partial charge on any atom is 0.234 e. The largest absolute Gasteiger partial charge is 0.390 e. The Hall–Kier alpha value is -1.92. The lowest BCUT2D eigenvalue weighted by molar-refractivity contribution is -0.124. The number of carbonyl (C=O) groups excluding carboxylic acids is 1. The fourth-order valence-electron chi connectivity index (χ4n) is 2.89. The van der Waals surface area contributed by atoms with Crippen molar-refractivity contribution in [2.45, 2.75) is 26.5 Å². The summed E-state index contributed by atoms with van der Waals surface area (Å²) in [6.45, 7) is 6.93. The van der Waals surface area contributed by atoms with Gasteiger partial charge in [-0.15, -0.1) is 0 Å². The number of aromatic nitrogens is 2. The molecule has 2 N–H and O–H groups in total. The first-order valence-corrected chi connectivity index (χ1v) is 7.62. The van der Waals surface area contributed by atoms with E-state index in [9.17, 15) is 9.90 Å². The molecule has 0 aliphatic carbocycles. The van der Waals surface area contributed by atoms with Crippen molar-refractivity contribution in [1.29, 1.82) is 0 Å². The van der Waals surface area contributed by atoms with E-state index in [1.54, 1.807) is 6.33 Å². The SMILES string of the molecule is Cc1cc2ncn(C[C@@H](O)CN3CCNC(=O)C3)c2cc1C. The van der Waals surface area contributed by atoms with E-state index in [1.165, 1.54) is 11.1 Å². The molecule has 1 amide bonds. The number of imidazole rings is 1. The zero-order valence-corrected chi connectivity index (χ0v) is 13.0. The van der Waals surface area contributed by atoms with E-state index in [4.69, 9.17) is 0 Å². The van der Waals surface area contributed by atoms with Crippen LogP contribution in [0.5, 0.6) is 0 Å². The van der Waals surface area contributed by atoms with E-state index >= 15 is 0 Å². The molecule has 1 fully saturated rings. The second kappa shape index (κ2) is 6.06. The molecule has 1 aliphatic rings. The summed E-state index contributed by atoms with van der Waals surface area (Å²) in [6, 6.07) is 4.18. The number of nitrogens with one attached hydrogen (secondary N) is 1. The number of nitrogens with zero attached hydrogens (tertiary/aromatic N) is 3. The van der Waals surface area contributed by atoms with Crippen LogP contribution in [0, 0.1) is 13.8 Å². The van der Waals surface area contributed by atoms with Gasteiger partial charge < -0.3 is 15.0 Å². The third kappa shape index (κ3) is 3.13. The molecule has 0 bridgehead atoms. The van der Waals surface area contributed by atoms with E-state index < -0.39 is 6.10 Å². The number of benzene rings is 1. The number of hydrogen-bond acceptors (Lipinski definition) is 4. The number of aliphatic hydroxyl groups is 1. The van der Waals surface area contributed by atoms with Crippen molar-refractivity contribution in [2.24, 2.45) is 0 Å². The molecule has 0 spiro atoms. The molecule has 0 saturated carbocycles. The van der Waals surface area contributed by atoms with Gasteiger partial charge in [0.2, 0.25) is 5.91 Å². The fraction of sp³-hybridized carbons (Fsp3) is 0.500.